The molecule has 1 aromatic carbocycles. The van der Waals surface area contributed by atoms with Crippen LogP contribution in [0.15, 0.2) is 41.8 Å². The normalized spacial score (nSPS) is 15.6. The summed E-state index contributed by atoms with van der Waals surface area (Å²) in [5, 5.41) is 6.17. The molecule has 1 aromatic heterocycles. The minimum atomic E-state index is -0.210. The Morgan fingerprint density at radius 2 is 1.87 bits per heavy atom. The molecule has 3 nitrogen and oxygen atoms in total. The van der Waals surface area contributed by atoms with Crippen LogP contribution in [0.25, 0.3) is 0 Å². The molecule has 1 aliphatic rings. The van der Waals surface area contributed by atoms with Crippen LogP contribution in [0.2, 0.25) is 0 Å². The van der Waals surface area contributed by atoms with E-state index in [9.17, 15) is 4.39 Å². The molecule has 2 aromatic rings. The molecule has 0 saturated carbocycles. The molecule has 0 atom stereocenters. The quantitative estimate of drug-likeness (QED) is 0.855. The molecule has 0 bridgehead atoms. The maximum atomic E-state index is 12.9. The fraction of sp³-hybridized carbons (Fsp3) is 0.353. The van der Waals surface area contributed by atoms with E-state index in [4.69, 9.17) is 12.2 Å². The van der Waals surface area contributed by atoms with Gasteiger partial charge in [-0.2, -0.15) is 0 Å². The minimum absolute atomic E-state index is 0.210. The van der Waals surface area contributed by atoms with Crippen molar-refractivity contribution in [3.8, 4) is 0 Å². The Hall–Kier alpha value is -1.50. The highest BCUT2D eigenvalue weighted by molar-refractivity contribution is 7.80. The Morgan fingerprint density at radius 1 is 1.13 bits per heavy atom. The molecule has 1 aliphatic heterocycles. The summed E-state index contributed by atoms with van der Waals surface area (Å²) in [6.45, 7) is 5.60. The van der Waals surface area contributed by atoms with E-state index in [-0.39, 0.29) is 5.82 Å². The average molecular weight is 350 g/mol. The Morgan fingerprint density at radius 3 is 2.52 bits per heavy atom. The van der Waals surface area contributed by atoms with Gasteiger partial charge in [-0.15, -0.1) is 11.3 Å². The highest BCUT2D eigenvalue weighted by Gasteiger charge is 2.18. The monoisotopic (exact) mass is 349 g/mol. The van der Waals surface area contributed by atoms with E-state index in [1.165, 1.54) is 17.0 Å². The molecular formula is C17H20FN3S2. The van der Waals surface area contributed by atoms with E-state index in [1.807, 2.05) is 11.3 Å². The lowest BCUT2D eigenvalue weighted by Crippen LogP contribution is -2.51. The van der Waals surface area contributed by atoms with Gasteiger partial charge in [-0.3, -0.25) is 4.90 Å². The van der Waals surface area contributed by atoms with Crippen LogP contribution in [0, 0.1) is 5.82 Å². The molecular weight excluding hydrogens is 329 g/mol. The van der Waals surface area contributed by atoms with Gasteiger partial charge in [-0.25, -0.2) is 4.39 Å². The topological polar surface area (TPSA) is 18.5 Å². The van der Waals surface area contributed by atoms with E-state index < -0.39 is 0 Å². The summed E-state index contributed by atoms with van der Waals surface area (Å²) in [6, 6.07) is 10.8. The van der Waals surface area contributed by atoms with Crippen LogP contribution in [0.4, 0.5) is 4.39 Å². The van der Waals surface area contributed by atoms with E-state index in [2.05, 4.69) is 32.6 Å². The van der Waals surface area contributed by atoms with E-state index in [1.54, 1.807) is 12.1 Å². The van der Waals surface area contributed by atoms with E-state index in [0.29, 0.717) is 6.54 Å². The third-order valence-electron chi connectivity index (χ3n) is 3.98. The van der Waals surface area contributed by atoms with Gasteiger partial charge in [-0.05, 0) is 41.4 Å². The molecule has 0 aliphatic carbocycles. The third-order valence-corrected chi connectivity index (χ3v) is 5.24. The van der Waals surface area contributed by atoms with Crippen LogP contribution >= 0.6 is 23.6 Å². The second-order valence-corrected chi connectivity index (χ2v) is 7.05. The van der Waals surface area contributed by atoms with Gasteiger partial charge < -0.3 is 10.2 Å². The lowest BCUT2D eigenvalue weighted by atomic mass is 10.2. The smallest absolute Gasteiger partial charge is 0.169 e. The van der Waals surface area contributed by atoms with Gasteiger partial charge in [-0.1, -0.05) is 18.2 Å². The highest BCUT2D eigenvalue weighted by atomic mass is 32.1. The van der Waals surface area contributed by atoms with Crippen LogP contribution in [0.1, 0.15) is 10.4 Å². The minimum Gasteiger partial charge on any atom is -0.358 e. The van der Waals surface area contributed by atoms with Crippen molar-refractivity contribution in [3.63, 3.8) is 0 Å². The zero-order valence-electron chi connectivity index (χ0n) is 12.9. The van der Waals surface area contributed by atoms with Crippen molar-refractivity contribution in [2.24, 2.45) is 0 Å². The summed E-state index contributed by atoms with van der Waals surface area (Å²) in [5.41, 5.74) is 1.03. The van der Waals surface area contributed by atoms with Crippen molar-refractivity contribution in [2.45, 2.75) is 13.1 Å². The van der Waals surface area contributed by atoms with Crippen molar-refractivity contribution in [2.75, 3.05) is 26.2 Å². The molecule has 122 valence electrons. The molecule has 6 heteroatoms. The first-order valence-electron chi connectivity index (χ1n) is 7.73. The SMILES string of the molecule is Fc1ccc(CNC(=S)N2CCN(Cc3cccs3)CC2)cc1. The zero-order valence-corrected chi connectivity index (χ0v) is 14.5. The Bertz CT molecular complexity index is 620. The number of hydrogen-bond acceptors (Lipinski definition) is 3. The van der Waals surface area contributed by atoms with Gasteiger partial charge >= 0.3 is 0 Å². The number of thiophene rings is 1. The number of nitrogens with zero attached hydrogens (tertiary/aromatic N) is 2. The van der Waals surface area contributed by atoms with Crippen molar-refractivity contribution in [3.05, 3.63) is 58.0 Å². The molecule has 0 spiro atoms. The number of rotatable bonds is 4. The van der Waals surface area contributed by atoms with Crippen LogP contribution in [0.3, 0.4) is 0 Å². The van der Waals surface area contributed by atoms with Crippen molar-refractivity contribution in [1.82, 2.24) is 15.1 Å². The first-order chi connectivity index (χ1) is 11.2. The second kappa shape index (κ2) is 7.86. The van der Waals surface area contributed by atoms with E-state index in [0.717, 1.165) is 43.4 Å². The maximum Gasteiger partial charge on any atom is 0.169 e. The Labute approximate surface area is 145 Å². The number of halogens is 1. The number of benzene rings is 1. The molecule has 23 heavy (non-hydrogen) atoms. The summed E-state index contributed by atoms with van der Waals surface area (Å²) in [6.07, 6.45) is 0. The first kappa shape index (κ1) is 16.4. The summed E-state index contributed by atoms with van der Waals surface area (Å²) in [7, 11) is 0. The standard InChI is InChI=1S/C17H20FN3S2/c18-15-5-3-14(4-6-15)12-19-17(22)21-9-7-20(8-10-21)13-16-2-1-11-23-16/h1-6,11H,7-10,12-13H2,(H,19,22). The second-order valence-electron chi connectivity index (χ2n) is 5.63. The first-order valence-corrected chi connectivity index (χ1v) is 9.01. The molecule has 2 heterocycles. The predicted octanol–water partition coefficient (Wildman–Crippen LogP) is 3.08. The van der Waals surface area contributed by atoms with Crippen LogP contribution in [0.5, 0.6) is 0 Å². The van der Waals surface area contributed by atoms with Crippen molar-refractivity contribution in [1.29, 1.82) is 0 Å². The summed E-state index contributed by atoms with van der Waals surface area (Å²) in [4.78, 5) is 6.09. The van der Waals surface area contributed by atoms with Crippen LogP contribution in [-0.2, 0) is 13.1 Å². The number of piperazine rings is 1. The van der Waals surface area contributed by atoms with E-state index >= 15 is 0 Å². The van der Waals surface area contributed by atoms with Crippen molar-refractivity contribution >= 4 is 28.7 Å². The van der Waals surface area contributed by atoms with Crippen LogP contribution < -0.4 is 5.32 Å². The lowest BCUT2D eigenvalue weighted by Gasteiger charge is -2.36. The summed E-state index contributed by atoms with van der Waals surface area (Å²) in [5.74, 6) is -0.210. The molecule has 0 unspecified atom stereocenters. The maximum absolute atomic E-state index is 12.9. The molecule has 0 radical (unpaired) electrons. The van der Waals surface area contributed by atoms with Gasteiger partial charge in [0.05, 0.1) is 0 Å². The van der Waals surface area contributed by atoms with Gasteiger partial charge in [0.15, 0.2) is 5.11 Å². The average Bonchev–Trinajstić information content (AvgIpc) is 3.08. The fourth-order valence-electron chi connectivity index (χ4n) is 2.62. The van der Waals surface area contributed by atoms with Gasteiger partial charge in [0.25, 0.3) is 0 Å². The van der Waals surface area contributed by atoms with Crippen molar-refractivity contribution < 1.29 is 4.39 Å². The largest absolute Gasteiger partial charge is 0.358 e. The lowest BCUT2D eigenvalue weighted by molar-refractivity contribution is 0.176. The fourth-order valence-corrected chi connectivity index (χ4v) is 3.62. The molecule has 3 rings (SSSR count). The third kappa shape index (κ3) is 4.73. The number of nitrogens with one attached hydrogen (secondary N) is 1. The van der Waals surface area contributed by atoms with Gasteiger partial charge in [0, 0.05) is 44.1 Å². The zero-order chi connectivity index (χ0) is 16.1. The Balaban J connectivity index is 1.42. The summed E-state index contributed by atoms with van der Waals surface area (Å²) >= 11 is 7.29. The Kier molecular flexibility index (Phi) is 5.59. The molecule has 1 fully saturated rings. The molecule has 1 N–H and O–H groups in total. The summed E-state index contributed by atoms with van der Waals surface area (Å²) < 4.78 is 12.9. The number of thiocarbonyl (C=S) groups is 1. The van der Waals surface area contributed by atoms with Crippen LogP contribution in [-0.4, -0.2) is 41.1 Å². The molecule has 0 amide bonds. The highest BCUT2D eigenvalue weighted by Crippen LogP contribution is 2.13. The number of hydrogen-bond donors (Lipinski definition) is 1. The van der Waals surface area contributed by atoms with Gasteiger partial charge in [0.2, 0.25) is 0 Å². The molecule has 1 saturated heterocycles. The predicted molar refractivity (Wildman–Crippen MR) is 97.0 cm³/mol. The van der Waals surface area contributed by atoms with Gasteiger partial charge in [0.1, 0.15) is 5.82 Å².